The predicted molar refractivity (Wildman–Crippen MR) is 70.9 cm³/mol. The van der Waals surface area contributed by atoms with Crippen molar-refractivity contribution in [3.8, 4) is 5.75 Å². The molecule has 0 saturated carbocycles. The van der Waals surface area contributed by atoms with Crippen LogP contribution in [0.25, 0.3) is 0 Å². The number of nitrogens with one attached hydrogen (secondary N) is 1. The smallest absolute Gasteiger partial charge is 0.127 e. The van der Waals surface area contributed by atoms with Gasteiger partial charge in [0.15, 0.2) is 0 Å². The average molecular weight is 245 g/mol. The minimum atomic E-state index is 0.239. The number of thiophene rings is 1. The molecule has 0 amide bonds. The molecule has 1 N–H and O–H groups in total. The largest absolute Gasteiger partial charge is 0.493 e. The van der Waals surface area contributed by atoms with Crippen LogP contribution in [0, 0.1) is 0 Å². The molecule has 3 heteroatoms. The molecule has 1 atom stereocenters. The van der Waals surface area contributed by atoms with Crippen LogP contribution in [-0.2, 0) is 6.42 Å². The maximum absolute atomic E-state index is 5.78. The Morgan fingerprint density at radius 3 is 3.00 bits per heavy atom. The van der Waals surface area contributed by atoms with Gasteiger partial charge in [-0.05, 0) is 24.1 Å². The molecule has 1 aromatic carbocycles. The molecule has 1 aliphatic rings. The van der Waals surface area contributed by atoms with E-state index in [9.17, 15) is 0 Å². The van der Waals surface area contributed by atoms with E-state index in [-0.39, 0.29) is 6.04 Å². The Balaban J connectivity index is 2.06. The van der Waals surface area contributed by atoms with Crippen molar-refractivity contribution in [2.24, 2.45) is 0 Å². The van der Waals surface area contributed by atoms with E-state index in [1.807, 2.05) is 7.05 Å². The van der Waals surface area contributed by atoms with Gasteiger partial charge in [-0.3, -0.25) is 0 Å². The quantitative estimate of drug-likeness (QED) is 0.897. The van der Waals surface area contributed by atoms with E-state index in [1.54, 1.807) is 11.3 Å². The lowest BCUT2D eigenvalue weighted by Gasteiger charge is -2.18. The highest BCUT2D eigenvalue weighted by atomic mass is 32.1. The Morgan fingerprint density at radius 2 is 2.24 bits per heavy atom. The zero-order chi connectivity index (χ0) is 11.7. The molecule has 1 aromatic heterocycles. The van der Waals surface area contributed by atoms with Gasteiger partial charge >= 0.3 is 0 Å². The van der Waals surface area contributed by atoms with Crippen LogP contribution < -0.4 is 10.1 Å². The van der Waals surface area contributed by atoms with Crippen LogP contribution >= 0.6 is 11.3 Å². The van der Waals surface area contributed by atoms with Crippen molar-refractivity contribution in [1.29, 1.82) is 0 Å². The van der Waals surface area contributed by atoms with Gasteiger partial charge in [-0.25, -0.2) is 0 Å². The summed E-state index contributed by atoms with van der Waals surface area (Å²) in [6.45, 7) is 0.813. The van der Waals surface area contributed by atoms with Gasteiger partial charge in [0, 0.05) is 16.9 Å². The van der Waals surface area contributed by atoms with Crippen LogP contribution in [0.2, 0.25) is 0 Å². The molecule has 1 aliphatic heterocycles. The third-order valence-electron chi connectivity index (χ3n) is 3.17. The monoisotopic (exact) mass is 245 g/mol. The lowest BCUT2D eigenvalue weighted by molar-refractivity contribution is 0.351. The van der Waals surface area contributed by atoms with Crippen molar-refractivity contribution in [2.45, 2.75) is 12.5 Å². The number of fused-ring (bicyclic) bond motifs is 1. The number of para-hydroxylation sites is 1. The molecule has 0 fully saturated rings. The normalized spacial score (nSPS) is 15.4. The van der Waals surface area contributed by atoms with E-state index in [1.165, 1.54) is 16.0 Å². The Labute approximate surface area is 105 Å². The molecule has 0 saturated heterocycles. The van der Waals surface area contributed by atoms with Crippen LogP contribution in [0.3, 0.4) is 0 Å². The zero-order valence-corrected chi connectivity index (χ0v) is 10.6. The van der Waals surface area contributed by atoms with E-state index in [0.717, 1.165) is 18.8 Å². The van der Waals surface area contributed by atoms with Gasteiger partial charge in [0.2, 0.25) is 0 Å². The predicted octanol–water partition coefficient (Wildman–Crippen LogP) is 2.99. The van der Waals surface area contributed by atoms with Crippen molar-refractivity contribution >= 4 is 11.3 Å². The van der Waals surface area contributed by atoms with Crippen molar-refractivity contribution < 1.29 is 4.74 Å². The number of hydrogen-bond acceptors (Lipinski definition) is 3. The fraction of sp³-hybridized carbons (Fsp3) is 0.286. The molecule has 2 nitrogen and oxygen atoms in total. The summed E-state index contributed by atoms with van der Waals surface area (Å²) in [6, 6.07) is 10.9. The number of benzene rings is 1. The second-order valence-corrected chi connectivity index (χ2v) is 5.15. The van der Waals surface area contributed by atoms with Crippen molar-refractivity contribution in [1.82, 2.24) is 5.32 Å². The van der Waals surface area contributed by atoms with Gasteiger partial charge in [0.25, 0.3) is 0 Å². The van der Waals surface area contributed by atoms with Crippen molar-refractivity contribution in [3.63, 3.8) is 0 Å². The molecule has 3 rings (SSSR count). The van der Waals surface area contributed by atoms with E-state index in [4.69, 9.17) is 4.74 Å². The summed E-state index contributed by atoms with van der Waals surface area (Å²) in [7, 11) is 2.00. The molecule has 2 heterocycles. The summed E-state index contributed by atoms with van der Waals surface area (Å²) in [6.07, 6.45) is 1.03. The summed E-state index contributed by atoms with van der Waals surface area (Å²) in [5.74, 6) is 1.08. The van der Waals surface area contributed by atoms with Crippen LogP contribution in [0.15, 0.2) is 35.7 Å². The van der Waals surface area contributed by atoms with Gasteiger partial charge in [-0.2, -0.15) is 0 Å². The maximum atomic E-state index is 5.78. The molecule has 0 bridgehead atoms. The number of ether oxygens (including phenoxy) is 1. The number of rotatable bonds is 3. The summed E-state index contributed by atoms with van der Waals surface area (Å²) >= 11 is 1.78. The standard InChI is InChI=1S/C14H15NOS/c1-15-13(12-6-3-9-17-12)11-5-2-4-10-7-8-16-14(10)11/h2-6,9,13,15H,7-8H2,1H3. The molecule has 2 aromatic rings. The lowest BCUT2D eigenvalue weighted by atomic mass is 10.0. The average Bonchev–Trinajstić information content (AvgIpc) is 3.00. The van der Waals surface area contributed by atoms with Gasteiger partial charge in [0.1, 0.15) is 5.75 Å². The van der Waals surface area contributed by atoms with E-state index < -0.39 is 0 Å². The molecule has 88 valence electrons. The van der Waals surface area contributed by atoms with Crippen LogP contribution in [0.1, 0.15) is 22.0 Å². The van der Waals surface area contributed by atoms with Crippen LogP contribution in [0.5, 0.6) is 5.75 Å². The molecule has 0 radical (unpaired) electrons. The summed E-state index contributed by atoms with van der Waals surface area (Å²) in [5.41, 5.74) is 2.59. The molecule has 17 heavy (non-hydrogen) atoms. The van der Waals surface area contributed by atoms with Gasteiger partial charge in [-0.1, -0.05) is 24.3 Å². The van der Waals surface area contributed by atoms with Gasteiger partial charge in [0.05, 0.1) is 12.6 Å². The molecular weight excluding hydrogens is 230 g/mol. The Bertz CT molecular complexity index is 507. The SMILES string of the molecule is CNC(c1cccs1)c1cccc2c1OCC2. The van der Waals surface area contributed by atoms with Crippen LogP contribution in [0.4, 0.5) is 0 Å². The van der Waals surface area contributed by atoms with E-state index in [0.29, 0.717) is 0 Å². The first-order chi connectivity index (χ1) is 8.40. The highest BCUT2D eigenvalue weighted by Gasteiger charge is 2.22. The second kappa shape index (κ2) is 4.51. The third kappa shape index (κ3) is 1.85. The highest BCUT2D eigenvalue weighted by molar-refractivity contribution is 7.10. The van der Waals surface area contributed by atoms with Crippen molar-refractivity contribution in [2.75, 3.05) is 13.7 Å². The van der Waals surface area contributed by atoms with Gasteiger partial charge < -0.3 is 10.1 Å². The molecule has 0 spiro atoms. The minimum Gasteiger partial charge on any atom is -0.493 e. The molecule has 1 unspecified atom stereocenters. The van der Waals surface area contributed by atoms with E-state index >= 15 is 0 Å². The second-order valence-electron chi connectivity index (χ2n) is 4.17. The lowest BCUT2D eigenvalue weighted by Crippen LogP contribution is -2.17. The summed E-state index contributed by atoms with van der Waals surface area (Å²) < 4.78 is 5.78. The Hall–Kier alpha value is -1.32. The summed E-state index contributed by atoms with van der Waals surface area (Å²) in [5, 5.41) is 5.50. The van der Waals surface area contributed by atoms with Crippen LogP contribution in [-0.4, -0.2) is 13.7 Å². The topological polar surface area (TPSA) is 21.3 Å². The first-order valence-corrected chi connectivity index (χ1v) is 6.73. The van der Waals surface area contributed by atoms with Crippen molar-refractivity contribution in [3.05, 3.63) is 51.7 Å². The third-order valence-corrected chi connectivity index (χ3v) is 4.11. The zero-order valence-electron chi connectivity index (χ0n) is 9.77. The maximum Gasteiger partial charge on any atom is 0.127 e. The fourth-order valence-electron chi connectivity index (χ4n) is 2.37. The van der Waals surface area contributed by atoms with Gasteiger partial charge in [-0.15, -0.1) is 11.3 Å². The Morgan fingerprint density at radius 1 is 1.29 bits per heavy atom. The Kier molecular flexibility index (Phi) is 2.87. The number of hydrogen-bond donors (Lipinski definition) is 1. The molecular formula is C14H15NOS. The highest BCUT2D eigenvalue weighted by Crippen LogP contribution is 2.37. The molecule has 0 aliphatic carbocycles. The van der Waals surface area contributed by atoms with E-state index in [2.05, 4.69) is 41.0 Å². The fourth-order valence-corrected chi connectivity index (χ4v) is 3.23. The first-order valence-electron chi connectivity index (χ1n) is 5.85. The summed E-state index contributed by atoms with van der Waals surface area (Å²) in [4.78, 5) is 1.33. The first kappa shape index (κ1) is 10.8. The minimum absolute atomic E-state index is 0.239.